The molecule has 0 atom stereocenters. The molecule has 0 amide bonds. The zero-order valence-electron chi connectivity index (χ0n) is 12.4. The van der Waals surface area contributed by atoms with Crippen molar-refractivity contribution in [3.05, 3.63) is 35.4 Å². The second-order valence-electron chi connectivity index (χ2n) is 5.20. The maximum atomic E-state index is 11.8. The molecule has 2 rings (SSSR count). The van der Waals surface area contributed by atoms with Gasteiger partial charge < -0.3 is 14.2 Å². The molecule has 0 unspecified atom stereocenters. The number of ether oxygens (including phenoxy) is 3. The van der Waals surface area contributed by atoms with Crippen LogP contribution in [0.5, 0.6) is 5.75 Å². The van der Waals surface area contributed by atoms with E-state index in [1.54, 1.807) is 24.3 Å². The Labute approximate surface area is 133 Å². The van der Waals surface area contributed by atoms with Gasteiger partial charge in [-0.3, -0.25) is 0 Å². The van der Waals surface area contributed by atoms with E-state index >= 15 is 0 Å². The fourth-order valence-electron chi connectivity index (χ4n) is 1.85. The molecule has 0 aromatic heterocycles. The van der Waals surface area contributed by atoms with Gasteiger partial charge in [-0.15, -0.1) is 11.6 Å². The normalized spacial score (nSPS) is 16.8. The molecular weight excluding hydrogens is 308 g/mol. The fourth-order valence-corrected chi connectivity index (χ4v) is 1.96. The van der Waals surface area contributed by atoms with Crippen molar-refractivity contribution in [2.24, 2.45) is 0 Å². The number of carbonyl (C=O) groups is 2. The van der Waals surface area contributed by atoms with Crippen molar-refractivity contribution in [2.45, 2.75) is 26.1 Å². The highest BCUT2D eigenvalue weighted by atomic mass is 35.5. The molecular formula is C16H17ClO5. The second kappa shape index (κ2) is 6.83. The predicted octanol–water partition coefficient (Wildman–Crippen LogP) is 2.91. The summed E-state index contributed by atoms with van der Waals surface area (Å²) in [6.45, 7) is 3.55. The molecule has 1 aromatic rings. The van der Waals surface area contributed by atoms with Crippen LogP contribution in [0.1, 0.15) is 25.8 Å². The minimum Gasteiger partial charge on any atom is -0.494 e. The van der Waals surface area contributed by atoms with Gasteiger partial charge in [0.05, 0.1) is 6.61 Å². The van der Waals surface area contributed by atoms with Crippen LogP contribution in [-0.4, -0.2) is 30.2 Å². The van der Waals surface area contributed by atoms with Gasteiger partial charge in [-0.05, 0) is 30.2 Å². The van der Waals surface area contributed by atoms with Crippen LogP contribution in [0.4, 0.5) is 0 Å². The van der Waals surface area contributed by atoms with Gasteiger partial charge in [-0.25, -0.2) is 9.59 Å². The highest BCUT2D eigenvalue weighted by molar-refractivity contribution is 6.19. The molecule has 1 heterocycles. The van der Waals surface area contributed by atoms with Crippen LogP contribution in [0, 0.1) is 0 Å². The van der Waals surface area contributed by atoms with Crippen LogP contribution < -0.4 is 4.74 Å². The highest BCUT2D eigenvalue weighted by Gasteiger charge is 2.38. The average molecular weight is 325 g/mol. The summed E-state index contributed by atoms with van der Waals surface area (Å²) in [5, 5.41) is 0. The molecule has 0 spiro atoms. The van der Waals surface area contributed by atoms with Crippen LogP contribution in [0.2, 0.25) is 0 Å². The van der Waals surface area contributed by atoms with E-state index in [2.05, 4.69) is 0 Å². The Hall–Kier alpha value is -2.01. The molecule has 0 bridgehead atoms. The van der Waals surface area contributed by atoms with Crippen molar-refractivity contribution in [2.75, 3.05) is 12.5 Å². The fraction of sp³-hybridized carbons (Fsp3) is 0.375. The summed E-state index contributed by atoms with van der Waals surface area (Å²) in [6, 6.07) is 6.99. The topological polar surface area (TPSA) is 61.8 Å². The lowest BCUT2D eigenvalue weighted by molar-refractivity contribution is -0.222. The Morgan fingerprint density at radius 1 is 1.14 bits per heavy atom. The molecule has 1 aliphatic rings. The number of halogens is 1. The number of benzene rings is 1. The number of hydrogen-bond donors (Lipinski definition) is 0. The minimum absolute atomic E-state index is 0.130. The van der Waals surface area contributed by atoms with Gasteiger partial charge in [0.2, 0.25) is 0 Å². The molecule has 0 saturated carbocycles. The first-order valence-corrected chi connectivity index (χ1v) is 7.42. The third-order valence-corrected chi connectivity index (χ3v) is 3.12. The lowest BCUT2D eigenvalue weighted by Gasteiger charge is -2.29. The van der Waals surface area contributed by atoms with Crippen molar-refractivity contribution in [1.29, 1.82) is 0 Å². The van der Waals surface area contributed by atoms with E-state index in [1.807, 2.05) is 0 Å². The Morgan fingerprint density at radius 2 is 1.73 bits per heavy atom. The van der Waals surface area contributed by atoms with Crippen LogP contribution in [-0.2, 0) is 19.1 Å². The highest BCUT2D eigenvalue weighted by Crippen LogP contribution is 2.24. The summed E-state index contributed by atoms with van der Waals surface area (Å²) in [4.78, 5) is 23.7. The van der Waals surface area contributed by atoms with Crippen molar-refractivity contribution < 1.29 is 23.8 Å². The third-order valence-electron chi connectivity index (χ3n) is 2.85. The van der Waals surface area contributed by atoms with Gasteiger partial charge in [0.15, 0.2) is 0 Å². The van der Waals surface area contributed by atoms with E-state index in [0.717, 1.165) is 6.42 Å². The van der Waals surface area contributed by atoms with Gasteiger partial charge in [0, 0.05) is 19.7 Å². The van der Waals surface area contributed by atoms with Crippen molar-refractivity contribution in [1.82, 2.24) is 0 Å². The zero-order valence-corrected chi connectivity index (χ0v) is 13.2. The predicted molar refractivity (Wildman–Crippen MR) is 81.5 cm³/mol. The smallest absolute Gasteiger partial charge is 0.348 e. The van der Waals surface area contributed by atoms with Crippen LogP contribution in [0.15, 0.2) is 29.8 Å². The third kappa shape index (κ3) is 4.24. The molecule has 0 radical (unpaired) electrons. The van der Waals surface area contributed by atoms with Crippen molar-refractivity contribution in [3.8, 4) is 5.75 Å². The number of cyclic esters (lactones) is 2. The van der Waals surface area contributed by atoms with E-state index in [4.69, 9.17) is 25.8 Å². The largest absolute Gasteiger partial charge is 0.494 e. The van der Waals surface area contributed by atoms with Crippen LogP contribution in [0.3, 0.4) is 0 Å². The van der Waals surface area contributed by atoms with E-state index < -0.39 is 17.7 Å². The van der Waals surface area contributed by atoms with E-state index in [0.29, 0.717) is 23.8 Å². The van der Waals surface area contributed by atoms with E-state index in [1.165, 1.54) is 19.9 Å². The average Bonchev–Trinajstić information content (AvgIpc) is 2.44. The maximum absolute atomic E-state index is 11.8. The Bertz CT molecular complexity index is 567. The molecule has 118 valence electrons. The molecule has 5 nitrogen and oxygen atoms in total. The molecule has 1 aliphatic heterocycles. The SMILES string of the molecule is CC1(C)OC(=O)C(=Cc2ccc(OCCCCl)cc2)C(=O)O1. The summed E-state index contributed by atoms with van der Waals surface area (Å²) in [5.74, 6) is -1.37. The van der Waals surface area contributed by atoms with Gasteiger partial charge in [0.25, 0.3) is 5.79 Å². The Morgan fingerprint density at radius 3 is 2.27 bits per heavy atom. The monoisotopic (exact) mass is 324 g/mol. The summed E-state index contributed by atoms with van der Waals surface area (Å²) in [7, 11) is 0. The second-order valence-corrected chi connectivity index (χ2v) is 5.57. The number of hydrogen-bond acceptors (Lipinski definition) is 5. The van der Waals surface area contributed by atoms with E-state index in [9.17, 15) is 9.59 Å². The molecule has 1 saturated heterocycles. The number of esters is 2. The molecule has 1 aromatic carbocycles. The van der Waals surface area contributed by atoms with E-state index in [-0.39, 0.29) is 5.57 Å². The molecule has 6 heteroatoms. The quantitative estimate of drug-likeness (QED) is 0.274. The maximum Gasteiger partial charge on any atom is 0.348 e. The first-order chi connectivity index (χ1) is 10.4. The first-order valence-electron chi connectivity index (χ1n) is 6.88. The van der Waals surface area contributed by atoms with Crippen LogP contribution in [0.25, 0.3) is 6.08 Å². The molecule has 0 aliphatic carbocycles. The van der Waals surface area contributed by atoms with Gasteiger partial charge in [0.1, 0.15) is 11.3 Å². The summed E-state index contributed by atoms with van der Waals surface area (Å²) >= 11 is 5.57. The lowest BCUT2D eigenvalue weighted by atomic mass is 10.1. The first kappa shape index (κ1) is 16.4. The standard InChI is InChI=1S/C16H17ClO5/c1-16(2)21-14(18)13(15(19)22-16)10-11-4-6-12(7-5-11)20-9-3-8-17/h4-7,10H,3,8-9H2,1-2H3. The number of carbonyl (C=O) groups excluding carboxylic acids is 2. The summed E-state index contributed by atoms with van der Waals surface area (Å²) in [6.07, 6.45) is 2.20. The lowest BCUT2D eigenvalue weighted by Crippen LogP contribution is -2.41. The van der Waals surface area contributed by atoms with Crippen molar-refractivity contribution in [3.63, 3.8) is 0 Å². The summed E-state index contributed by atoms with van der Waals surface area (Å²) in [5.41, 5.74) is 0.545. The zero-order chi connectivity index (χ0) is 16.2. The number of rotatable bonds is 5. The Balaban J connectivity index is 2.09. The summed E-state index contributed by atoms with van der Waals surface area (Å²) < 4.78 is 15.5. The molecule has 22 heavy (non-hydrogen) atoms. The number of alkyl halides is 1. The molecule has 0 N–H and O–H groups in total. The Kier molecular flexibility index (Phi) is 5.08. The molecule has 1 fully saturated rings. The van der Waals surface area contributed by atoms with Crippen LogP contribution >= 0.6 is 11.6 Å². The van der Waals surface area contributed by atoms with Crippen molar-refractivity contribution >= 4 is 29.6 Å². The van der Waals surface area contributed by atoms with Gasteiger partial charge in [-0.1, -0.05) is 12.1 Å². The minimum atomic E-state index is -1.23. The van der Waals surface area contributed by atoms with Gasteiger partial charge in [-0.2, -0.15) is 0 Å². The van der Waals surface area contributed by atoms with Gasteiger partial charge >= 0.3 is 11.9 Å².